The maximum Gasteiger partial charge on any atom is 1.00 e. The molecule has 9 rings (SSSR count). The van der Waals surface area contributed by atoms with Crippen molar-refractivity contribution in [3.8, 4) is 57.1 Å². The van der Waals surface area contributed by atoms with Crippen LogP contribution in [0.5, 0.6) is 23.0 Å². The number of hydrogen-bond acceptors (Lipinski definition) is 9. The van der Waals surface area contributed by atoms with Crippen molar-refractivity contribution in [2.75, 3.05) is 38.2 Å². The first-order valence-corrected chi connectivity index (χ1v) is 23.9. The van der Waals surface area contributed by atoms with Crippen LogP contribution in [0.4, 0.5) is 34.1 Å². The molecule has 70 heavy (non-hydrogen) atoms. The van der Waals surface area contributed by atoms with E-state index in [0.29, 0.717) is 0 Å². The molecule has 0 amide bonds. The standard InChI is InChI=1S/C58H51N3O7S.Na/c1-6-7-54(69(62,63)64)36-37-59-57-38-42(40-8-14-44(15-9-40)60(46-18-26-50(65-2)27-19-46)47-20-28-51(66-3)29-21-47)12-34-55(57)56-35-13-43(39-58(56)59)41-10-16-45(17-11-41)61(48-22-30-52(67-4)31-23-48)49-24-32-53(68-5)33-25-49;/h8-35,38-39,54H,36-37H2,1-5H3,(H,62,63,64);/q;+1/p-1. The second kappa shape index (κ2) is 21.6. The number of methoxy groups -OCH3 is 4. The molecule has 1 heterocycles. The Hall–Kier alpha value is -7.17. The average molecular weight is 956 g/mol. The number of nitrogens with zero attached hydrogens (tertiary/aromatic N) is 3. The van der Waals surface area contributed by atoms with Gasteiger partial charge >= 0.3 is 29.6 Å². The number of rotatable bonds is 16. The molecule has 0 saturated carbocycles. The van der Waals surface area contributed by atoms with Gasteiger partial charge in [0.05, 0.1) is 28.4 Å². The minimum atomic E-state index is -4.68. The Labute approximate surface area is 431 Å². The third-order valence-electron chi connectivity index (χ3n) is 12.4. The summed E-state index contributed by atoms with van der Waals surface area (Å²) in [5.74, 6) is 8.39. The normalized spacial score (nSPS) is 11.5. The Morgan fingerprint density at radius 1 is 0.471 bits per heavy atom. The zero-order valence-electron chi connectivity index (χ0n) is 39.9. The molecule has 0 spiro atoms. The molecular formula is C58H50N3NaO7S. The first-order valence-electron chi connectivity index (χ1n) is 22.4. The molecule has 0 aliphatic carbocycles. The van der Waals surface area contributed by atoms with Crippen LogP contribution < -0.4 is 58.3 Å². The quantitative estimate of drug-likeness (QED) is 0.0532. The molecule has 8 aromatic carbocycles. The number of aryl methyl sites for hydroxylation is 1. The summed E-state index contributed by atoms with van der Waals surface area (Å²) in [4.78, 5) is 4.35. The maximum absolute atomic E-state index is 12.4. The summed E-state index contributed by atoms with van der Waals surface area (Å²) in [6.45, 7) is 1.80. The molecule has 1 atom stereocenters. The summed E-state index contributed by atoms with van der Waals surface area (Å²) >= 11 is 0. The molecule has 346 valence electrons. The van der Waals surface area contributed by atoms with E-state index in [2.05, 4.69) is 111 Å². The van der Waals surface area contributed by atoms with Gasteiger partial charge in [-0.25, -0.2) is 8.42 Å². The van der Waals surface area contributed by atoms with Crippen molar-refractivity contribution in [2.45, 2.75) is 25.1 Å². The average Bonchev–Trinajstić information content (AvgIpc) is 3.70. The number of aromatic nitrogens is 1. The van der Waals surface area contributed by atoms with Gasteiger partial charge in [-0.05, 0) is 169 Å². The van der Waals surface area contributed by atoms with E-state index in [1.165, 1.54) is 0 Å². The maximum atomic E-state index is 12.4. The van der Waals surface area contributed by atoms with Gasteiger partial charge < -0.3 is 37.9 Å². The fourth-order valence-corrected chi connectivity index (χ4v) is 9.47. The fraction of sp³-hybridized carbons (Fsp3) is 0.138. The van der Waals surface area contributed by atoms with Crippen LogP contribution in [0.3, 0.4) is 0 Å². The molecule has 10 nitrogen and oxygen atoms in total. The predicted octanol–water partition coefficient (Wildman–Crippen LogP) is 10.4. The monoisotopic (exact) mass is 955 g/mol. The molecule has 0 aliphatic rings. The topological polar surface area (TPSA) is 106 Å². The Bertz CT molecular complexity index is 3110. The van der Waals surface area contributed by atoms with Crippen LogP contribution >= 0.6 is 0 Å². The van der Waals surface area contributed by atoms with Crippen molar-refractivity contribution in [3.05, 3.63) is 182 Å². The van der Waals surface area contributed by atoms with Gasteiger partial charge in [0.2, 0.25) is 0 Å². The van der Waals surface area contributed by atoms with Crippen molar-refractivity contribution in [1.82, 2.24) is 4.57 Å². The first kappa shape index (κ1) is 49.3. The summed E-state index contributed by atoms with van der Waals surface area (Å²) < 4.78 is 61.2. The van der Waals surface area contributed by atoms with Crippen LogP contribution in [0.25, 0.3) is 44.1 Å². The van der Waals surface area contributed by atoms with Gasteiger partial charge in [0.25, 0.3) is 0 Å². The van der Waals surface area contributed by atoms with E-state index in [4.69, 9.17) is 18.9 Å². The van der Waals surface area contributed by atoms with Gasteiger partial charge in [-0.1, -0.05) is 54.5 Å². The van der Waals surface area contributed by atoms with Crippen molar-refractivity contribution >= 4 is 66.0 Å². The van der Waals surface area contributed by atoms with Crippen LogP contribution in [-0.2, 0) is 16.7 Å². The molecular weight excluding hydrogens is 906 g/mol. The first-order chi connectivity index (χ1) is 33.6. The molecule has 12 heteroatoms. The number of benzene rings is 8. The van der Waals surface area contributed by atoms with Crippen LogP contribution in [-0.4, -0.2) is 51.2 Å². The van der Waals surface area contributed by atoms with Crippen molar-refractivity contribution in [3.63, 3.8) is 0 Å². The molecule has 9 aromatic rings. The van der Waals surface area contributed by atoms with Crippen molar-refractivity contribution in [2.24, 2.45) is 0 Å². The summed E-state index contributed by atoms with van der Waals surface area (Å²) in [6.07, 6.45) is 0.0303. The van der Waals surface area contributed by atoms with Gasteiger partial charge in [0.15, 0.2) is 0 Å². The SMILES string of the molecule is CC#CC(CCn1c2cc(-c3ccc(N(c4ccc(OC)cc4)c4ccc(OC)cc4)cc3)ccc2c2ccc(-c3ccc(N(c4ccc(OC)cc4)c4ccc(OC)cc4)cc3)cc21)S(=O)(=O)[O-].[Na+]. The van der Waals surface area contributed by atoms with Crippen LogP contribution in [0.15, 0.2) is 182 Å². The predicted molar refractivity (Wildman–Crippen MR) is 277 cm³/mol. The molecule has 1 aromatic heterocycles. The molecule has 1 unspecified atom stereocenters. The van der Waals surface area contributed by atoms with Gasteiger partial charge in [0.1, 0.15) is 38.4 Å². The number of anilines is 6. The third kappa shape index (κ3) is 10.4. The van der Waals surface area contributed by atoms with E-state index in [9.17, 15) is 13.0 Å². The summed E-state index contributed by atoms with van der Waals surface area (Å²) in [5.41, 5.74) is 11.6. The smallest absolute Gasteiger partial charge is 0.747 e. The molecule has 0 N–H and O–H groups in total. The Balaban J connectivity index is 0.00000659. The summed E-state index contributed by atoms with van der Waals surface area (Å²) in [5, 5.41) is 0.672. The Morgan fingerprint density at radius 2 is 0.757 bits per heavy atom. The van der Waals surface area contributed by atoms with Crippen LogP contribution in [0, 0.1) is 11.8 Å². The van der Waals surface area contributed by atoms with Gasteiger partial charge in [0, 0.05) is 62.5 Å². The van der Waals surface area contributed by atoms with E-state index >= 15 is 0 Å². The van der Waals surface area contributed by atoms with Crippen LogP contribution in [0.2, 0.25) is 0 Å². The largest absolute Gasteiger partial charge is 1.00 e. The number of ether oxygens (including phenoxy) is 4. The molecule has 0 saturated heterocycles. The molecule has 0 fully saturated rings. The second-order valence-electron chi connectivity index (χ2n) is 16.3. The minimum Gasteiger partial charge on any atom is -0.747 e. The summed E-state index contributed by atoms with van der Waals surface area (Å²) in [7, 11) is 1.94. The van der Waals surface area contributed by atoms with Crippen molar-refractivity contribution < 1.29 is 61.5 Å². The van der Waals surface area contributed by atoms with E-state index in [1.807, 2.05) is 97.1 Å². The van der Waals surface area contributed by atoms with Crippen LogP contribution in [0.1, 0.15) is 13.3 Å². The molecule has 0 bridgehead atoms. The Morgan fingerprint density at radius 3 is 1.03 bits per heavy atom. The van der Waals surface area contributed by atoms with E-state index in [0.717, 1.165) is 101 Å². The van der Waals surface area contributed by atoms with E-state index in [1.54, 1.807) is 35.4 Å². The van der Waals surface area contributed by atoms with E-state index in [-0.39, 0.29) is 42.5 Å². The fourth-order valence-electron chi connectivity index (χ4n) is 8.82. The minimum absolute atomic E-state index is 0. The number of fused-ring (bicyclic) bond motifs is 3. The Kier molecular flexibility index (Phi) is 15.2. The van der Waals surface area contributed by atoms with Crippen molar-refractivity contribution in [1.29, 1.82) is 0 Å². The van der Waals surface area contributed by atoms with Gasteiger partial charge in [-0.15, -0.1) is 5.92 Å². The van der Waals surface area contributed by atoms with Gasteiger partial charge in [-0.3, -0.25) is 0 Å². The van der Waals surface area contributed by atoms with Gasteiger partial charge in [-0.2, -0.15) is 0 Å². The number of hydrogen-bond donors (Lipinski definition) is 0. The zero-order chi connectivity index (χ0) is 48.1. The molecule has 0 radical (unpaired) electrons. The van der Waals surface area contributed by atoms with E-state index < -0.39 is 15.4 Å². The zero-order valence-corrected chi connectivity index (χ0v) is 42.7. The summed E-state index contributed by atoms with van der Waals surface area (Å²) in [6, 6.07) is 61.3. The third-order valence-corrected chi connectivity index (χ3v) is 13.4. The molecule has 0 aliphatic heterocycles. The second-order valence-corrected chi connectivity index (χ2v) is 17.9.